The van der Waals surface area contributed by atoms with Gasteiger partial charge in [-0.2, -0.15) is 0 Å². The quantitative estimate of drug-likeness (QED) is 0.522. The highest BCUT2D eigenvalue weighted by molar-refractivity contribution is 5.99. The van der Waals surface area contributed by atoms with Gasteiger partial charge in [0.25, 0.3) is 0 Å². The minimum Gasteiger partial charge on any atom is -0.377 e. The lowest BCUT2D eigenvalue weighted by molar-refractivity contribution is -0.123. The molecule has 0 aliphatic rings. The number of ketones is 2. The van der Waals surface area contributed by atoms with E-state index in [1.807, 2.05) is 20.8 Å². The molecule has 0 atom stereocenters. The van der Waals surface area contributed by atoms with Crippen LogP contribution in [-0.2, 0) is 19.1 Å². The molecule has 0 aliphatic heterocycles. The van der Waals surface area contributed by atoms with E-state index in [4.69, 9.17) is 10.5 Å². The SMILES string of the molecule is CC(C)(C)C(=O)/C=C/COCCC(C)(C)C(=O)/C=C/C(N)=O. The molecule has 0 rings (SSSR count). The van der Waals surface area contributed by atoms with Gasteiger partial charge in [0.1, 0.15) is 0 Å². The summed E-state index contributed by atoms with van der Waals surface area (Å²) >= 11 is 0. The van der Waals surface area contributed by atoms with E-state index in [0.29, 0.717) is 19.6 Å². The van der Waals surface area contributed by atoms with Crippen molar-refractivity contribution in [3.63, 3.8) is 0 Å². The van der Waals surface area contributed by atoms with E-state index < -0.39 is 16.7 Å². The molecule has 0 saturated heterocycles. The molecular weight excluding hydrogens is 282 g/mol. The van der Waals surface area contributed by atoms with Gasteiger partial charge in [0.2, 0.25) is 5.91 Å². The molecule has 5 heteroatoms. The maximum atomic E-state index is 11.9. The van der Waals surface area contributed by atoms with Crippen LogP contribution in [0.15, 0.2) is 24.3 Å². The third-order valence-electron chi connectivity index (χ3n) is 3.16. The van der Waals surface area contributed by atoms with Crippen LogP contribution >= 0.6 is 0 Å². The first-order chi connectivity index (χ1) is 9.97. The van der Waals surface area contributed by atoms with E-state index in [9.17, 15) is 14.4 Å². The Bertz CT molecular complexity index is 468. The number of allylic oxidation sites excluding steroid dienone is 2. The van der Waals surface area contributed by atoms with Crippen molar-refractivity contribution in [3.8, 4) is 0 Å². The van der Waals surface area contributed by atoms with Crippen molar-refractivity contribution in [1.82, 2.24) is 0 Å². The minimum absolute atomic E-state index is 0.0446. The van der Waals surface area contributed by atoms with E-state index in [1.54, 1.807) is 19.9 Å². The molecule has 0 saturated carbocycles. The zero-order valence-electron chi connectivity index (χ0n) is 14.1. The van der Waals surface area contributed by atoms with E-state index >= 15 is 0 Å². The number of carbonyl (C=O) groups excluding carboxylic acids is 3. The van der Waals surface area contributed by atoms with Crippen LogP contribution in [0.25, 0.3) is 0 Å². The van der Waals surface area contributed by atoms with Gasteiger partial charge in [-0.05, 0) is 18.6 Å². The second-order valence-corrected chi connectivity index (χ2v) is 6.83. The number of rotatable bonds is 9. The van der Waals surface area contributed by atoms with Crippen molar-refractivity contribution in [3.05, 3.63) is 24.3 Å². The van der Waals surface area contributed by atoms with Crippen molar-refractivity contribution in [2.75, 3.05) is 13.2 Å². The largest absolute Gasteiger partial charge is 0.377 e. The number of hydrogen-bond acceptors (Lipinski definition) is 4. The molecule has 0 aliphatic carbocycles. The van der Waals surface area contributed by atoms with Crippen LogP contribution in [0, 0.1) is 10.8 Å². The van der Waals surface area contributed by atoms with Crippen molar-refractivity contribution < 1.29 is 19.1 Å². The predicted molar refractivity (Wildman–Crippen MR) is 86.2 cm³/mol. The van der Waals surface area contributed by atoms with Gasteiger partial charge in [-0.3, -0.25) is 14.4 Å². The zero-order chi connectivity index (χ0) is 17.4. The van der Waals surface area contributed by atoms with Gasteiger partial charge in [0.15, 0.2) is 11.6 Å². The van der Waals surface area contributed by atoms with Crippen molar-refractivity contribution >= 4 is 17.5 Å². The summed E-state index contributed by atoms with van der Waals surface area (Å²) in [6, 6.07) is 0. The monoisotopic (exact) mass is 309 g/mol. The van der Waals surface area contributed by atoms with Gasteiger partial charge >= 0.3 is 0 Å². The Morgan fingerprint density at radius 2 is 1.55 bits per heavy atom. The average molecular weight is 309 g/mol. The molecule has 0 aromatic heterocycles. The Labute approximate surface area is 132 Å². The first-order valence-electron chi connectivity index (χ1n) is 7.27. The molecule has 0 bridgehead atoms. The molecule has 2 N–H and O–H groups in total. The molecule has 0 unspecified atom stereocenters. The number of hydrogen-bond donors (Lipinski definition) is 1. The first kappa shape index (κ1) is 20.2. The second-order valence-electron chi connectivity index (χ2n) is 6.83. The smallest absolute Gasteiger partial charge is 0.241 e. The average Bonchev–Trinajstić information content (AvgIpc) is 2.38. The van der Waals surface area contributed by atoms with Crippen molar-refractivity contribution in [2.45, 2.75) is 41.0 Å². The standard InChI is InChI=1S/C17H27NO4/c1-16(2,3)13(19)7-6-11-22-12-10-17(4,5)14(20)8-9-15(18)21/h6-9H,10-12H2,1-5H3,(H2,18,21)/b7-6+,9-8+. The van der Waals surface area contributed by atoms with E-state index in [1.165, 1.54) is 12.2 Å². The number of ether oxygens (including phenoxy) is 1. The highest BCUT2D eigenvalue weighted by atomic mass is 16.5. The molecular formula is C17H27NO4. The fraction of sp³-hybridized carbons (Fsp3) is 0.588. The van der Waals surface area contributed by atoms with Crippen LogP contribution in [0.1, 0.15) is 41.0 Å². The van der Waals surface area contributed by atoms with E-state index in [2.05, 4.69) is 0 Å². The third-order valence-corrected chi connectivity index (χ3v) is 3.16. The molecule has 22 heavy (non-hydrogen) atoms. The summed E-state index contributed by atoms with van der Waals surface area (Å²) in [6.45, 7) is 9.84. The Balaban J connectivity index is 4.15. The number of primary amides is 1. The first-order valence-corrected chi connectivity index (χ1v) is 7.27. The van der Waals surface area contributed by atoms with Crippen LogP contribution in [-0.4, -0.2) is 30.7 Å². The summed E-state index contributed by atoms with van der Waals surface area (Å²) in [6.07, 6.45) is 5.97. The number of nitrogens with two attached hydrogens (primary N) is 1. The summed E-state index contributed by atoms with van der Waals surface area (Å²) in [5.74, 6) is -0.773. The molecule has 0 spiro atoms. The molecule has 0 heterocycles. The Kier molecular flexibility index (Phi) is 7.95. The topological polar surface area (TPSA) is 86.5 Å². The van der Waals surface area contributed by atoms with Crippen LogP contribution in [0.5, 0.6) is 0 Å². The number of amides is 1. The number of carbonyl (C=O) groups is 3. The zero-order valence-corrected chi connectivity index (χ0v) is 14.1. The normalized spacial score (nSPS) is 13.0. The molecule has 0 radical (unpaired) electrons. The highest BCUT2D eigenvalue weighted by Crippen LogP contribution is 2.22. The van der Waals surface area contributed by atoms with Crippen LogP contribution in [0.2, 0.25) is 0 Å². The van der Waals surface area contributed by atoms with E-state index in [0.717, 1.165) is 6.08 Å². The molecule has 0 aromatic carbocycles. The fourth-order valence-electron chi connectivity index (χ4n) is 1.39. The maximum Gasteiger partial charge on any atom is 0.241 e. The van der Waals surface area contributed by atoms with Crippen molar-refractivity contribution in [2.24, 2.45) is 16.6 Å². The molecule has 5 nitrogen and oxygen atoms in total. The third kappa shape index (κ3) is 8.52. The molecule has 1 amide bonds. The lowest BCUT2D eigenvalue weighted by Crippen LogP contribution is -2.25. The lowest BCUT2D eigenvalue weighted by Gasteiger charge is -2.20. The van der Waals surface area contributed by atoms with Gasteiger partial charge < -0.3 is 10.5 Å². The minimum atomic E-state index is -0.644. The van der Waals surface area contributed by atoms with Crippen molar-refractivity contribution in [1.29, 1.82) is 0 Å². The fourth-order valence-corrected chi connectivity index (χ4v) is 1.39. The van der Waals surface area contributed by atoms with Gasteiger partial charge in [-0.1, -0.05) is 40.7 Å². The molecule has 0 aromatic rings. The van der Waals surface area contributed by atoms with Crippen LogP contribution in [0.3, 0.4) is 0 Å². The summed E-state index contributed by atoms with van der Waals surface area (Å²) in [5, 5.41) is 0. The van der Waals surface area contributed by atoms with Crippen LogP contribution in [0.4, 0.5) is 0 Å². The lowest BCUT2D eigenvalue weighted by atomic mass is 9.84. The summed E-state index contributed by atoms with van der Waals surface area (Å²) in [7, 11) is 0. The van der Waals surface area contributed by atoms with Gasteiger partial charge in [0, 0.05) is 23.5 Å². The Morgan fingerprint density at radius 1 is 0.955 bits per heavy atom. The summed E-state index contributed by atoms with van der Waals surface area (Å²) in [5.41, 5.74) is 3.94. The highest BCUT2D eigenvalue weighted by Gasteiger charge is 2.25. The Morgan fingerprint density at radius 3 is 2.05 bits per heavy atom. The summed E-state index contributed by atoms with van der Waals surface area (Å²) < 4.78 is 5.40. The Hall–Kier alpha value is -1.75. The van der Waals surface area contributed by atoms with Gasteiger partial charge in [0.05, 0.1) is 6.61 Å². The summed E-state index contributed by atoms with van der Waals surface area (Å²) in [4.78, 5) is 34.1. The van der Waals surface area contributed by atoms with Gasteiger partial charge in [-0.25, -0.2) is 0 Å². The second kappa shape index (κ2) is 8.63. The molecule has 124 valence electrons. The predicted octanol–water partition coefficient (Wildman–Crippen LogP) is 2.20. The van der Waals surface area contributed by atoms with Crippen LogP contribution < -0.4 is 5.73 Å². The van der Waals surface area contributed by atoms with E-state index in [-0.39, 0.29) is 11.6 Å². The maximum absolute atomic E-state index is 11.9. The molecule has 0 fully saturated rings. The van der Waals surface area contributed by atoms with Gasteiger partial charge in [-0.15, -0.1) is 0 Å².